The second-order valence-electron chi connectivity index (χ2n) is 2.94. The third-order valence-electron chi connectivity index (χ3n) is 1.99. The van der Waals surface area contributed by atoms with Gasteiger partial charge in [-0.2, -0.15) is 0 Å². The van der Waals surface area contributed by atoms with Crippen LogP contribution in [0, 0.1) is 5.41 Å². The van der Waals surface area contributed by atoms with E-state index in [1.165, 1.54) is 0 Å². The largest absolute Gasteiger partial charge is 0.464 e. The number of amidine groups is 1. The first-order valence-corrected chi connectivity index (χ1v) is 4.26. The molecular formula is C11H10N2O. The summed E-state index contributed by atoms with van der Waals surface area (Å²) < 4.78 is 5.29. The standard InChI is InChI=1S/C11H10N2O/c12-11(13)9-6-7-14-10(9)8-4-2-1-3-5-8/h1-7H,(H3,12,13). The minimum Gasteiger partial charge on any atom is -0.464 e. The summed E-state index contributed by atoms with van der Waals surface area (Å²) in [5.74, 6) is 0.677. The molecule has 0 saturated carbocycles. The van der Waals surface area contributed by atoms with Crippen molar-refractivity contribution in [1.29, 1.82) is 5.41 Å². The molecule has 3 heteroatoms. The van der Waals surface area contributed by atoms with Gasteiger partial charge in [0.1, 0.15) is 11.6 Å². The first kappa shape index (κ1) is 8.56. The van der Waals surface area contributed by atoms with Gasteiger partial charge in [0.2, 0.25) is 0 Å². The van der Waals surface area contributed by atoms with Crippen molar-refractivity contribution in [2.75, 3.05) is 0 Å². The van der Waals surface area contributed by atoms with E-state index in [0.29, 0.717) is 11.3 Å². The molecule has 2 rings (SSSR count). The van der Waals surface area contributed by atoms with Crippen molar-refractivity contribution in [3.63, 3.8) is 0 Å². The van der Waals surface area contributed by atoms with Crippen LogP contribution in [0.25, 0.3) is 11.3 Å². The quantitative estimate of drug-likeness (QED) is 0.558. The zero-order valence-corrected chi connectivity index (χ0v) is 7.53. The molecule has 0 saturated heterocycles. The van der Waals surface area contributed by atoms with Crippen LogP contribution in [-0.2, 0) is 0 Å². The van der Waals surface area contributed by atoms with Crippen molar-refractivity contribution in [1.82, 2.24) is 0 Å². The number of nitrogen functional groups attached to an aromatic ring is 1. The Morgan fingerprint density at radius 2 is 1.86 bits per heavy atom. The first-order chi connectivity index (χ1) is 6.79. The first-order valence-electron chi connectivity index (χ1n) is 4.26. The Labute approximate surface area is 81.7 Å². The highest BCUT2D eigenvalue weighted by Gasteiger charge is 2.09. The van der Waals surface area contributed by atoms with E-state index < -0.39 is 0 Å². The molecule has 0 spiro atoms. The molecule has 3 N–H and O–H groups in total. The van der Waals surface area contributed by atoms with Gasteiger partial charge in [0.25, 0.3) is 0 Å². The molecule has 1 aromatic heterocycles. The Hall–Kier alpha value is -2.03. The van der Waals surface area contributed by atoms with E-state index in [-0.39, 0.29) is 5.84 Å². The van der Waals surface area contributed by atoms with E-state index in [4.69, 9.17) is 15.6 Å². The van der Waals surface area contributed by atoms with Crippen LogP contribution in [0.5, 0.6) is 0 Å². The van der Waals surface area contributed by atoms with Crippen molar-refractivity contribution in [3.8, 4) is 11.3 Å². The van der Waals surface area contributed by atoms with Crippen molar-refractivity contribution < 1.29 is 4.42 Å². The summed E-state index contributed by atoms with van der Waals surface area (Å²) in [5, 5.41) is 7.36. The van der Waals surface area contributed by atoms with E-state index >= 15 is 0 Å². The summed E-state index contributed by atoms with van der Waals surface area (Å²) in [7, 11) is 0. The summed E-state index contributed by atoms with van der Waals surface area (Å²) in [6.45, 7) is 0. The number of hydrogen-bond acceptors (Lipinski definition) is 2. The van der Waals surface area contributed by atoms with Crippen LogP contribution in [0.4, 0.5) is 0 Å². The summed E-state index contributed by atoms with van der Waals surface area (Å²) in [4.78, 5) is 0. The summed E-state index contributed by atoms with van der Waals surface area (Å²) in [6.07, 6.45) is 1.54. The number of nitrogens with one attached hydrogen (secondary N) is 1. The number of benzene rings is 1. The topological polar surface area (TPSA) is 63.0 Å². The molecule has 70 valence electrons. The maximum Gasteiger partial charge on any atom is 0.144 e. The van der Waals surface area contributed by atoms with Gasteiger partial charge in [0.05, 0.1) is 11.8 Å². The molecule has 3 nitrogen and oxygen atoms in total. The zero-order valence-electron chi connectivity index (χ0n) is 7.53. The molecule has 1 heterocycles. The van der Waals surface area contributed by atoms with Crippen LogP contribution >= 0.6 is 0 Å². The molecule has 1 aromatic carbocycles. The Kier molecular flexibility index (Phi) is 2.07. The van der Waals surface area contributed by atoms with E-state index in [1.54, 1.807) is 12.3 Å². The number of rotatable bonds is 2. The normalized spacial score (nSPS) is 10.0. The predicted molar refractivity (Wildman–Crippen MR) is 55.2 cm³/mol. The molecule has 0 fully saturated rings. The third kappa shape index (κ3) is 1.40. The van der Waals surface area contributed by atoms with Crippen LogP contribution in [-0.4, -0.2) is 5.84 Å². The van der Waals surface area contributed by atoms with E-state index in [2.05, 4.69) is 0 Å². The highest BCUT2D eigenvalue weighted by atomic mass is 16.3. The van der Waals surface area contributed by atoms with Gasteiger partial charge in [0.15, 0.2) is 0 Å². The van der Waals surface area contributed by atoms with Gasteiger partial charge in [-0.3, -0.25) is 5.41 Å². The highest BCUT2D eigenvalue weighted by Crippen LogP contribution is 2.23. The average Bonchev–Trinajstić information content (AvgIpc) is 2.67. The second kappa shape index (κ2) is 3.38. The molecular weight excluding hydrogens is 176 g/mol. The molecule has 0 radical (unpaired) electrons. The lowest BCUT2D eigenvalue weighted by atomic mass is 10.1. The van der Waals surface area contributed by atoms with Gasteiger partial charge in [-0.1, -0.05) is 30.3 Å². The SMILES string of the molecule is N=C(N)c1ccoc1-c1ccccc1. The maximum absolute atomic E-state index is 7.36. The van der Waals surface area contributed by atoms with Crippen LogP contribution in [0.1, 0.15) is 5.56 Å². The van der Waals surface area contributed by atoms with Crippen LogP contribution < -0.4 is 5.73 Å². The predicted octanol–water partition coefficient (Wildman–Crippen LogP) is 2.23. The lowest BCUT2D eigenvalue weighted by molar-refractivity contribution is 0.582. The Morgan fingerprint density at radius 1 is 1.14 bits per heavy atom. The lowest BCUT2D eigenvalue weighted by Crippen LogP contribution is -2.10. The van der Waals surface area contributed by atoms with E-state index in [9.17, 15) is 0 Å². The Balaban J connectivity index is 2.52. The lowest BCUT2D eigenvalue weighted by Gasteiger charge is -1.99. The summed E-state index contributed by atoms with van der Waals surface area (Å²) >= 11 is 0. The molecule has 2 aromatic rings. The molecule has 0 bridgehead atoms. The van der Waals surface area contributed by atoms with E-state index in [1.807, 2.05) is 30.3 Å². The fourth-order valence-electron chi connectivity index (χ4n) is 1.33. The second-order valence-corrected chi connectivity index (χ2v) is 2.94. The molecule has 0 unspecified atom stereocenters. The van der Waals surface area contributed by atoms with E-state index in [0.717, 1.165) is 5.56 Å². The van der Waals surface area contributed by atoms with Crippen molar-refractivity contribution >= 4 is 5.84 Å². The minimum atomic E-state index is 0.0256. The molecule has 0 amide bonds. The van der Waals surface area contributed by atoms with Gasteiger partial charge < -0.3 is 10.2 Å². The molecule has 0 aliphatic rings. The monoisotopic (exact) mass is 186 g/mol. The number of furan rings is 1. The van der Waals surface area contributed by atoms with Gasteiger partial charge >= 0.3 is 0 Å². The third-order valence-corrected chi connectivity index (χ3v) is 1.99. The van der Waals surface area contributed by atoms with Crippen LogP contribution in [0.15, 0.2) is 47.1 Å². The fraction of sp³-hybridized carbons (Fsp3) is 0. The fourth-order valence-corrected chi connectivity index (χ4v) is 1.33. The minimum absolute atomic E-state index is 0.0256. The van der Waals surface area contributed by atoms with Crippen molar-refractivity contribution in [3.05, 3.63) is 48.2 Å². The van der Waals surface area contributed by atoms with Gasteiger partial charge in [0, 0.05) is 5.56 Å². The molecule has 0 aliphatic heterocycles. The molecule has 0 atom stereocenters. The highest BCUT2D eigenvalue weighted by molar-refractivity contribution is 6.00. The summed E-state index contributed by atoms with van der Waals surface area (Å²) in [6, 6.07) is 11.3. The average molecular weight is 186 g/mol. The van der Waals surface area contributed by atoms with Gasteiger partial charge in [-0.25, -0.2) is 0 Å². The van der Waals surface area contributed by atoms with Crippen molar-refractivity contribution in [2.45, 2.75) is 0 Å². The van der Waals surface area contributed by atoms with Crippen molar-refractivity contribution in [2.24, 2.45) is 5.73 Å². The maximum atomic E-state index is 7.36. The Morgan fingerprint density at radius 3 is 2.50 bits per heavy atom. The molecule has 0 aliphatic carbocycles. The molecule has 14 heavy (non-hydrogen) atoms. The number of nitrogens with two attached hydrogens (primary N) is 1. The number of hydrogen-bond donors (Lipinski definition) is 2. The zero-order chi connectivity index (χ0) is 9.97. The van der Waals surface area contributed by atoms with Crippen LogP contribution in [0.3, 0.4) is 0 Å². The smallest absolute Gasteiger partial charge is 0.144 e. The van der Waals surface area contributed by atoms with Gasteiger partial charge in [-0.15, -0.1) is 0 Å². The Bertz CT molecular complexity index is 445. The van der Waals surface area contributed by atoms with Crippen LogP contribution in [0.2, 0.25) is 0 Å². The van der Waals surface area contributed by atoms with Gasteiger partial charge in [-0.05, 0) is 6.07 Å². The summed E-state index contributed by atoms with van der Waals surface area (Å²) in [5.41, 5.74) is 6.99.